The Morgan fingerprint density at radius 3 is 2.48 bits per heavy atom. The average molecular weight is 409 g/mol. The first-order valence-corrected chi connectivity index (χ1v) is 10.9. The van der Waals surface area contributed by atoms with Gasteiger partial charge in [0.2, 0.25) is 5.91 Å². The second kappa shape index (κ2) is 9.74. The van der Waals surface area contributed by atoms with Gasteiger partial charge in [0.15, 0.2) is 5.16 Å². The van der Waals surface area contributed by atoms with E-state index in [1.54, 1.807) is 0 Å². The second-order valence-electron chi connectivity index (χ2n) is 7.25. The summed E-state index contributed by atoms with van der Waals surface area (Å²) in [7, 11) is 0. The Kier molecular flexibility index (Phi) is 7.09. The highest BCUT2D eigenvalue weighted by atomic mass is 32.2. The molecule has 0 spiro atoms. The molecule has 2 atom stereocenters. The van der Waals surface area contributed by atoms with Crippen molar-refractivity contribution in [2.24, 2.45) is 0 Å². The molecule has 0 aliphatic carbocycles. The Labute approximate surface area is 176 Å². The van der Waals surface area contributed by atoms with Gasteiger partial charge in [0.25, 0.3) is 0 Å². The van der Waals surface area contributed by atoms with E-state index in [0.717, 1.165) is 23.1 Å². The van der Waals surface area contributed by atoms with Gasteiger partial charge in [-0.2, -0.15) is 0 Å². The summed E-state index contributed by atoms with van der Waals surface area (Å²) in [6.45, 7) is 8.87. The lowest BCUT2D eigenvalue weighted by molar-refractivity contribution is -0.115. The van der Waals surface area contributed by atoms with Crippen molar-refractivity contribution in [2.75, 3.05) is 5.32 Å². The van der Waals surface area contributed by atoms with Gasteiger partial charge in [-0.1, -0.05) is 74.1 Å². The van der Waals surface area contributed by atoms with Gasteiger partial charge in [0, 0.05) is 5.69 Å². The van der Waals surface area contributed by atoms with E-state index in [9.17, 15) is 4.79 Å². The molecule has 2 unspecified atom stereocenters. The third kappa shape index (κ3) is 5.26. The van der Waals surface area contributed by atoms with Crippen molar-refractivity contribution in [3.63, 3.8) is 0 Å². The molecule has 0 bridgehead atoms. The molecule has 5 nitrogen and oxygen atoms in total. The molecule has 152 valence electrons. The standard InChI is InChI=1S/C23H28N4OS/c1-5-16(2)20-13-9-10-14-21(20)24-22(28)17(3)29-23-26-25-18(4)27(23)15-19-11-7-6-8-12-19/h6-14,16-17H,5,15H2,1-4H3,(H,24,28). The fraction of sp³-hybridized carbons (Fsp3) is 0.348. The van der Waals surface area contributed by atoms with Crippen LogP contribution in [-0.4, -0.2) is 25.9 Å². The van der Waals surface area contributed by atoms with E-state index < -0.39 is 0 Å². The monoisotopic (exact) mass is 408 g/mol. The molecule has 0 saturated heterocycles. The molecule has 6 heteroatoms. The number of hydrogen-bond donors (Lipinski definition) is 1. The van der Waals surface area contributed by atoms with Crippen LogP contribution in [0.3, 0.4) is 0 Å². The van der Waals surface area contributed by atoms with E-state index in [1.807, 2.05) is 50.2 Å². The van der Waals surface area contributed by atoms with Crippen LogP contribution in [-0.2, 0) is 11.3 Å². The molecular formula is C23H28N4OS. The smallest absolute Gasteiger partial charge is 0.237 e. The molecule has 0 fully saturated rings. The molecule has 1 heterocycles. The zero-order valence-electron chi connectivity index (χ0n) is 17.4. The third-order valence-electron chi connectivity index (χ3n) is 5.10. The number of carbonyl (C=O) groups excluding carboxylic acids is 1. The van der Waals surface area contributed by atoms with Crippen molar-refractivity contribution in [2.45, 2.75) is 57.0 Å². The van der Waals surface area contributed by atoms with Crippen LogP contribution < -0.4 is 5.32 Å². The first-order chi connectivity index (χ1) is 14.0. The van der Waals surface area contributed by atoms with Gasteiger partial charge in [-0.3, -0.25) is 4.79 Å². The molecule has 2 aromatic carbocycles. The number of aromatic nitrogens is 3. The topological polar surface area (TPSA) is 59.8 Å². The van der Waals surface area contributed by atoms with Gasteiger partial charge < -0.3 is 9.88 Å². The van der Waals surface area contributed by atoms with Gasteiger partial charge in [0.05, 0.1) is 11.8 Å². The number of thioether (sulfide) groups is 1. The summed E-state index contributed by atoms with van der Waals surface area (Å²) in [5.41, 5.74) is 3.24. The van der Waals surface area contributed by atoms with Crippen molar-refractivity contribution in [1.29, 1.82) is 0 Å². The maximum atomic E-state index is 12.9. The summed E-state index contributed by atoms with van der Waals surface area (Å²) in [5, 5.41) is 12.1. The highest BCUT2D eigenvalue weighted by Gasteiger charge is 2.20. The van der Waals surface area contributed by atoms with Crippen LogP contribution in [0.15, 0.2) is 59.8 Å². The lowest BCUT2D eigenvalue weighted by Gasteiger charge is -2.18. The number of aryl methyl sites for hydroxylation is 1. The molecule has 3 aromatic rings. The molecule has 0 aliphatic rings. The molecule has 1 N–H and O–H groups in total. The van der Waals surface area contributed by atoms with E-state index in [4.69, 9.17) is 0 Å². The normalized spacial score (nSPS) is 13.1. The van der Waals surface area contributed by atoms with Crippen LogP contribution in [0.2, 0.25) is 0 Å². The van der Waals surface area contributed by atoms with Gasteiger partial charge in [0.1, 0.15) is 5.82 Å². The zero-order chi connectivity index (χ0) is 20.8. The van der Waals surface area contributed by atoms with Crippen LogP contribution in [0.4, 0.5) is 5.69 Å². The number of anilines is 1. The van der Waals surface area contributed by atoms with Crippen LogP contribution in [0.25, 0.3) is 0 Å². The number of nitrogens with one attached hydrogen (secondary N) is 1. The Morgan fingerprint density at radius 2 is 1.76 bits per heavy atom. The van der Waals surface area contributed by atoms with Gasteiger partial charge in [-0.05, 0) is 43.4 Å². The van der Waals surface area contributed by atoms with Crippen molar-refractivity contribution in [3.05, 3.63) is 71.5 Å². The summed E-state index contributed by atoms with van der Waals surface area (Å²) in [6, 6.07) is 18.2. The fourth-order valence-electron chi connectivity index (χ4n) is 3.10. The van der Waals surface area contributed by atoms with E-state index in [-0.39, 0.29) is 11.2 Å². The Bertz CT molecular complexity index is 955. The van der Waals surface area contributed by atoms with E-state index in [2.05, 4.69) is 52.1 Å². The average Bonchev–Trinajstić information content (AvgIpc) is 3.07. The number of carbonyl (C=O) groups is 1. The summed E-state index contributed by atoms with van der Waals surface area (Å²) >= 11 is 1.43. The summed E-state index contributed by atoms with van der Waals surface area (Å²) in [6.07, 6.45) is 1.03. The van der Waals surface area contributed by atoms with Gasteiger partial charge in [-0.15, -0.1) is 10.2 Å². The number of para-hydroxylation sites is 1. The van der Waals surface area contributed by atoms with Crippen LogP contribution in [0, 0.1) is 6.92 Å². The number of nitrogens with zero attached hydrogens (tertiary/aromatic N) is 3. The largest absolute Gasteiger partial charge is 0.325 e. The maximum absolute atomic E-state index is 12.9. The highest BCUT2D eigenvalue weighted by molar-refractivity contribution is 8.00. The van der Waals surface area contributed by atoms with Crippen LogP contribution in [0.5, 0.6) is 0 Å². The number of rotatable bonds is 8. The first-order valence-electron chi connectivity index (χ1n) is 9.99. The Balaban J connectivity index is 1.71. The van der Waals surface area contributed by atoms with Crippen molar-refractivity contribution in [1.82, 2.24) is 14.8 Å². The van der Waals surface area contributed by atoms with Gasteiger partial charge >= 0.3 is 0 Å². The zero-order valence-corrected chi connectivity index (χ0v) is 18.2. The van der Waals surface area contributed by atoms with E-state index in [0.29, 0.717) is 12.5 Å². The molecule has 29 heavy (non-hydrogen) atoms. The molecule has 1 amide bonds. The van der Waals surface area contributed by atoms with E-state index >= 15 is 0 Å². The minimum Gasteiger partial charge on any atom is -0.325 e. The van der Waals surface area contributed by atoms with Crippen molar-refractivity contribution < 1.29 is 4.79 Å². The third-order valence-corrected chi connectivity index (χ3v) is 6.18. The molecule has 0 radical (unpaired) electrons. The molecule has 3 rings (SSSR count). The van der Waals surface area contributed by atoms with E-state index in [1.165, 1.54) is 22.9 Å². The summed E-state index contributed by atoms with van der Waals surface area (Å²) in [5.74, 6) is 1.20. The Hall–Kier alpha value is -2.60. The predicted molar refractivity (Wildman–Crippen MR) is 119 cm³/mol. The number of benzene rings is 2. The minimum atomic E-state index is -0.293. The minimum absolute atomic E-state index is 0.0299. The number of hydrogen-bond acceptors (Lipinski definition) is 4. The SMILES string of the molecule is CCC(C)c1ccccc1NC(=O)C(C)Sc1nnc(C)n1Cc1ccccc1. The summed E-state index contributed by atoms with van der Waals surface area (Å²) < 4.78 is 2.05. The lowest BCUT2D eigenvalue weighted by Crippen LogP contribution is -2.24. The van der Waals surface area contributed by atoms with Crippen molar-refractivity contribution >= 4 is 23.4 Å². The molecular weight excluding hydrogens is 380 g/mol. The van der Waals surface area contributed by atoms with Crippen molar-refractivity contribution in [3.8, 4) is 0 Å². The molecule has 1 aromatic heterocycles. The summed E-state index contributed by atoms with van der Waals surface area (Å²) in [4.78, 5) is 12.9. The van der Waals surface area contributed by atoms with Crippen LogP contribution >= 0.6 is 11.8 Å². The van der Waals surface area contributed by atoms with Crippen LogP contribution in [0.1, 0.15) is 50.1 Å². The quantitative estimate of drug-likeness (QED) is 0.516. The molecule has 0 saturated carbocycles. The highest BCUT2D eigenvalue weighted by Crippen LogP contribution is 2.28. The second-order valence-corrected chi connectivity index (χ2v) is 8.56. The Morgan fingerprint density at radius 1 is 1.07 bits per heavy atom. The van der Waals surface area contributed by atoms with Gasteiger partial charge in [-0.25, -0.2) is 0 Å². The predicted octanol–water partition coefficient (Wildman–Crippen LogP) is 5.27. The lowest BCUT2D eigenvalue weighted by atomic mass is 9.97. The molecule has 0 aliphatic heterocycles. The number of amides is 1. The fourth-order valence-corrected chi connectivity index (χ4v) is 4.00. The first kappa shape index (κ1) is 21.1. The maximum Gasteiger partial charge on any atom is 0.237 e.